The van der Waals surface area contributed by atoms with Crippen LogP contribution < -0.4 is 5.19 Å². The van der Waals surface area contributed by atoms with E-state index in [4.69, 9.17) is 8.85 Å². The van der Waals surface area contributed by atoms with Gasteiger partial charge in [0.15, 0.2) is 0 Å². The van der Waals surface area contributed by atoms with Crippen molar-refractivity contribution in [3.63, 3.8) is 0 Å². The predicted octanol–water partition coefficient (Wildman–Crippen LogP) is 1.47. The number of hydrogen-bond acceptors (Lipinski definition) is 3. The molecule has 90 valence electrons. The summed E-state index contributed by atoms with van der Waals surface area (Å²) in [4.78, 5) is 0. The van der Waals surface area contributed by atoms with E-state index in [1.807, 2.05) is 18.2 Å². The molecule has 0 heterocycles. The van der Waals surface area contributed by atoms with Crippen LogP contribution in [0.3, 0.4) is 0 Å². The van der Waals surface area contributed by atoms with Crippen LogP contribution in [0.5, 0.6) is 0 Å². The summed E-state index contributed by atoms with van der Waals surface area (Å²) in [6, 6.07) is 10.2. The van der Waals surface area contributed by atoms with E-state index >= 15 is 0 Å². The molecule has 0 aromatic heterocycles. The molecule has 0 spiro atoms. The SMILES string of the molecule is CCN(CC)[Si](OC)(OC)c1ccccc1. The van der Waals surface area contributed by atoms with Gasteiger partial charge in [-0.15, -0.1) is 0 Å². The summed E-state index contributed by atoms with van der Waals surface area (Å²) >= 11 is 0. The number of benzene rings is 1. The third-order valence-corrected chi connectivity index (χ3v) is 6.51. The van der Waals surface area contributed by atoms with Gasteiger partial charge in [-0.05, 0) is 13.1 Å². The minimum Gasteiger partial charge on any atom is -0.383 e. The highest BCUT2D eigenvalue weighted by molar-refractivity contribution is 6.78. The van der Waals surface area contributed by atoms with Gasteiger partial charge in [0.05, 0.1) is 0 Å². The lowest BCUT2D eigenvalue weighted by atomic mass is 10.4. The number of nitrogens with zero attached hydrogens (tertiary/aromatic N) is 1. The van der Waals surface area contributed by atoms with Crippen LogP contribution in [-0.4, -0.2) is 40.6 Å². The van der Waals surface area contributed by atoms with Crippen molar-refractivity contribution in [2.75, 3.05) is 27.3 Å². The highest BCUT2D eigenvalue weighted by Gasteiger charge is 2.44. The van der Waals surface area contributed by atoms with Crippen molar-refractivity contribution in [1.82, 2.24) is 4.57 Å². The van der Waals surface area contributed by atoms with Crippen molar-refractivity contribution in [3.05, 3.63) is 30.3 Å². The van der Waals surface area contributed by atoms with E-state index in [1.54, 1.807) is 14.2 Å². The molecule has 1 aromatic carbocycles. The molecule has 0 N–H and O–H groups in total. The Balaban J connectivity index is 3.14. The molecule has 0 fully saturated rings. The molecular weight excluding hydrogens is 218 g/mol. The average Bonchev–Trinajstić information content (AvgIpc) is 2.37. The van der Waals surface area contributed by atoms with Crippen LogP contribution in [0.25, 0.3) is 0 Å². The van der Waals surface area contributed by atoms with E-state index in [-0.39, 0.29) is 0 Å². The van der Waals surface area contributed by atoms with Gasteiger partial charge in [-0.3, -0.25) is 4.57 Å². The highest BCUT2D eigenvalue weighted by Crippen LogP contribution is 2.12. The maximum atomic E-state index is 5.76. The summed E-state index contributed by atoms with van der Waals surface area (Å²) in [5, 5.41) is 1.16. The molecule has 0 aliphatic rings. The molecule has 0 radical (unpaired) electrons. The molecular formula is C12H21NO2Si. The summed E-state index contributed by atoms with van der Waals surface area (Å²) in [5.74, 6) is 0. The van der Waals surface area contributed by atoms with Gasteiger partial charge in [0, 0.05) is 19.4 Å². The predicted molar refractivity (Wildman–Crippen MR) is 68.8 cm³/mol. The van der Waals surface area contributed by atoms with Gasteiger partial charge in [0.2, 0.25) is 0 Å². The Morgan fingerprint density at radius 2 is 1.50 bits per heavy atom. The number of rotatable bonds is 6. The molecule has 1 aromatic rings. The van der Waals surface area contributed by atoms with E-state index in [2.05, 4.69) is 30.5 Å². The van der Waals surface area contributed by atoms with Gasteiger partial charge < -0.3 is 8.85 Å². The number of hydrogen-bond donors (Lipinski definition) is 0. The normalized spacial score (nSPS) is 12.1. The van der Waals surface area contributed by atoms with Gasteiger partial charge in [0.25, 0.3) is 0 Å². The first-order chi connectivity index (χ1) is 7.75. The smallest absolute Gasteiger partial charge is 0.383 e. The molecule has 0 aliphatic carbocycles. The van der Waals surface area contributed by atoms with Crippen LogP contribution in [0, 0.1) is 0 Å². The Morgan fingerprint density at radius 1 is 1.00 bits per heavy atom. The fraction of sp³-hybridized carbons (Fsp3) is 0.500. The van der Waals surface area contributed by atoms with E-state index < -0.39 is 8.72 Å². The average molecular weight is 239 g/mol. The van der Waals surface area contributed by atoms with Gasteiger partial charge in [-0.25, -0.2) is 0 Å². The first-order valence-corrected chi connectivity index (χ1v) is 7.42. The lowest BCUT2D eigenvalue weighted by Crippen LogP contribution is -2.65. The lowest BCUT2D eigenvalue weighted by molar-refractivity contribution is 0.183. The molecule has 0 saturated heterocycles. The Kier molecular flexibility index (Phi) is 5.14. The van der Waals surface area contributed by atoms with E-state index in [0.717, 1.165) is 18.3 Å². The monoisotopic (exact) mass is 239 g/mol. The Bertz CT molecular complexity index is 297. The topological polar surface area (TPSA) is 21.7 Å². The largest absolute Gasteiger partial charge is 0.462 e. The second kappa shape index (κ2) is 6.15. The van der Waals surface area contributed by atoms with E-state index in [9.17, 15) is 0 Å². The van der Waals surface area contributed by atoms with Crippen molar-refractivity contribution < 1.29 is 8.85 Å². The minimum atomic E-state index is -2.42. The second-order valence-electron chi connectivity index (χ2n) is 3.53. The van der Waals surface area contributed by atoms with Crippen LogP contribution in [-0.2, 0) is 8.85 Å². The Morgan fingerprint density at radius 3 is 1.88 bits per heavy atom. The zero-order valence-corrected chi connectivity index (χ0v) is 11.6. The van der Waals surface area contributed by atoms with Crippen LogP contribution in [0.2, 0.25) is 0 Å². The first kappa shape index (κ1) is 13.4. The fourth-order valence-electron chi connectivity index (χ4n) is 2.05. The Hall–Kier alpha value is -0.683. The summed E-state index contributed by atoms with van der Waals surface area (Å²) in [6.07, 6.45) is 0. The van der Waals surface area contributed by atoms with Crippen LogP contribution in [0.15, 0.2) is 30.3 Å². The fourth-order valence-corrected chi connectivity index (χ4v) is 5.01. The first-order valence-electron chi connectivity index (χ1n) is 5.66. The van der Waals surface area contributed by atoms with Gasteiger partial charge in [-0.1, -0.05) is 44.2 Å². The standard InChI is InChI=1S/C12H21NO2Si/c1-5-13(6-2)16(14-3,15-4)12-10-8-7-9-11-12/h7-11H,5-6H2,1-4H3. The van der Waals surface area contributed by atoms with Crippen molar-refractivity contribution in [3.8, 4) is 0 Å². The van der Waals surface area contributed by atoms with Crippen molar-refractivity contribution >= 4 is 13.9 Å². The molecule has 0 bridgehead atoms. The van der Waals surface area contributed by atoms with Crippen molar-refractivity contribution in [2.24, 2.45) is 0 Å². The summed E-state index contributed by atoms with van der Waals surface area (Å²) < 4.78 is 13.8. The molecule has 16 heavy (non-hydrogen) atoms. The Labute approximate surface area is 99.3 Å². The van der Waals surface area contributed by atoms with Crippen molar-refractivity contribution in [2.45, 2.75) is 13.8 Å². The molecule has 3 nitrogen and oxygen atoms in total. The molecule has 4 heteroatoms. The van der Waals surface area contributed by atoms with Gasteiger partial charge in [-0.2, -0.15) is 0 Å². The van der Waals surface area contributed by atoms with E-state index in [0.29, 0.717) is 0 Å². The minimum absolute atomic E-state index is 0.930. The highest BCUT2D eigenvalue weighted by atomic mass is 28.4. The molecule has 0 aliphatic heterocycles. The third-order valence-electron chi connectivity index (χ3n) is 2.87. The molecule has 0 saturated carbocycles. The zero-order chi connectivity index (χ0) is 12.0. The van der Waals surface area contributed by atoms with Gasteiger partial charge >= 0.3 is 8.72 Å². The summed E-state index contributed by atoms with van der Waals surface area (Å²) in [6.45, 7) is 6.12. The molecule has 0 unspecified atom stereocenters. The zero-order valence-electron chi connectivity index (χ0n) is 10.6. The molecule has 1 rings (SSSR count). The molecule has 0 amide bonds. The van der Waals surface area contributed by atoms with Crippen molar-refractivity contribution in [1.29, 1.82) is 0 Å². The van der Waals surface area contributed by atoms with Crippen LogP contribution in [0.4, 0.5) is 0 Å². The lowest BCUT2D eigenvalue weighted by Gasteiger charge is -2.36. The molecule has 0 atom stereocenters. The van der Waals surface area contributed by atoms with Crippen LogP contribution in [0.1, 0.15) is 13.8 Å². The maximum Gasteiger partial charge on any atom is 0.462 e. The second-order valence-corrected chi connectivity index (χ2v) is 6.72. The maximum absolute atomic E-state index is 5.76. The quantitative estimate of drug-likeness (QED) is 0.702. The summed E-state index contributed by atoms with van der Waals surface area (Å²) in [7, 11) is 1.06. The summed E-state index contributed by atoms with van der Waals surface area (Å²) in [5.41, 5.74) is 0. The van der Waals surface area contributed by atoms with Gasteiger partial charge in [0.1, 0.15) is 0 Å². The van der Waals surface area contributed by atoms with Crippen LogP contribution >= 0.6 is 0 Å². The van der Waals surface area contributed by atoms with E-state index in [1.165, 1.54) is 0 Å². The third kappa shape index (κ3) is 2.35.